The van der Waals surface area contributed by atoms with Crippen molar-refractivity contribution in [2.45, 2.75) is 54.7 Å². The van der Waals surface area contributed by atoms with Gasteiger partial charge >= 0.3 is 5.97 Å². The van der Waals surface area contributed by atoms with Crippen LogP contribution in [0.25, 0.3) is 0 Å². The minimum absolute atomic E-state index is 0.183. The van der Waals surface area contributed by atoms with Gasteiger partial charge in [0.25, 0.3) is 5.91 Å². The summed E-state index contributed by atoms with van der Waals surface area (Å²) in [5.41, 5.74) is 0.506. The summed E-state index contributed by atoms with van der Waals surface area (Å²) in [6.07, 6.45) is 3.22. The molecule has 3 aliphatic rings. The lowest BCUT2D eigenvalue weighted by atomic mass is 9.66. The highest BCUT2D eigenvalue weighted by molar-refractivity contribution is 8.02. The molecule has 2 bridgehead atoms. The van der Waals surface area contributed by atoms with Crippen LogP contribution in [0.15, 0.2) is 36.9 Å². The van der Waals surface area contributed by atoms with E-state index in [1.54, 1.807) is 30.3 Å². The smallest absolute Gasteiger partial charge is 0.308 e. The number of carboxylic acid groups (broad SMARTS) is 1. The third kappa shape index (κ3) is 3.41. The first-order chi connectivity index (χ1) is 15.7. The number of hydrogen-bond donors (Lipinski definition) is 2. The molecule has 1 spiro atoms. The molecule has 2 unspecified atom stereocenters. The van der Waals surface area contributed by atoms with E-state index in [1.807, 2.05) is 13.8 Å². The highest BCUT2D eigenvalue weighted by Gasteiger charge is 2.78. The van der Waals surface area contributed by atoms with Crippen LogP contribution in [-0.4, -0.2) is 67.6 Å². The molecule has 33 heavy (non-hydrogen) atoms. The van der Waals surface area contributed by atoms with Crippen molar-refractivity contribution < 1.29 is 24.6 Å². The lowest BCUT2D eigenvalue weighted by Gasteiger charge is -2.39. The number of aliphatic hydroxyl groups excluding tert-OH is 1. The summed E-state index contributed by atoms with van der Waals surface area (Å²) in [5.74, 6) is -3.38. The summed E-state index contributed by atoms with van der Waals surface area (Å²) in [7, 11) is 0. The van der Waals surface area contributed by atoms with Crippen LogP contribution in [-0.2, 0) is 14.4 Å². The van der Waals surface area contributed by atoms with Crippen LogP contribution >= 0.6 is 23.4 Å². The second-order valence-electron chi connectivity index (χ2n) is 9.24. The zero-order chi connectivity index (χ0) is 24.1. The van der Waals surface area contributed by atoms with Gasteiger partial charge in [-0.3, -0.25) is 14.4 Å². The monoisotopic (exact) mass is 492 g/mol. The maximum Gasteiger partial charge on any atom is 0.308 e. The zero-order valence-electron chi connectivity index (χ0n) is 18.7. The first-order valence-corrected chi connectivity index (χ1v) is 12.4. The summed E-state index contributed by atoms with van der Waals surface area (Å²) in [6, 6.07) is 5.50. The Morgan fingerprint density at radius 1 is 1.39 bits per heavy atom. The topological polar surface area (TPSA) is 98.2 Å². The molecular weight excluding hydrogens is 464 g/mol. The molecule has 7 nitrogen and oxygen atoms in total. The predicted octanol–water partition coefficient (Wildman–Crippen LogP) is 3.20. The van der Waals surface area contributed by atoms with E-state index in [0.717, 1.165) is 0 Å². The van der Waals surface area contributed by atoms with Gasteiger partial charge in [-0.05, 0) is 38.3 Å². The molecular formula is C24H29ClN2O5S. The second kappa shape index (κ2) is 8.64. The Kier molecular flexibility index (Phi) is 6.31. The number of aliphatic carboxylic acids is 1. The van der Waals surface area contributed by atoms with Crippen LogP contribution in [0, 0.1) is 11.8 Å². The maximum atomic E-state index is 14.3. The lowest BCUT2D eigenvalue weighted by molar-refractivity contribution is -0.150. The standard InChI is InChI=1S/C24H29ClN2O5S/c1-4-12-26(16-9-7-6-8-15(16)25)21(30)19-24-11-10-23(3,33-24)18(22(31)32)17(24)20(29)27(19)14(5-2)13-28/h4,6-9,14,17-19,28H,1,5,10-13H2,2-3H3,(H,31,32)/t14-,17-,18+,19?,23-,24?/m0/s1. The number of para-hydroxylation sites is 1. The van der Waals surface area contributed by atoms with E-state index in [2.05, 4.69) is 6.58 Å². The quantitative estimate of drug-likeness (QED) is 0.541. The number of anilines is 1. The Labute approximate surface area is 202 Å². The Bertz CT molecular complexity index is 1000. The Balaban J connectivity index is 1.87. The number of amides is 2. The largest absolute Gasteiger partial charge is 0.481 e. The molecule has 0 saturated carbocycles. The van der Waals surface area contributed by atoms with E-state index in [9.17, 15) is 24.6 Å². The minimum atomic E-state index is -1.01. The number of benzene rings is 1. The Morgan fingerprint density at radius 3 is 2.67 bits per heavy atom. The van der Waals surface area contributed by atoms with Gasteiger partial charge in [-0.2, -0.15) is 0 Å². The molecule has 0 radical (unpaired) electrons. The van der Waals surface area contributed by atoms with Gasteiger partial charge in [0.2, 0.25) is 5.91 Å². The molecule has 9 heteroatoms. The zero-order valence-corrected chi connectivity index (χ0v) is 20.3. The van der Waals surface area contributed by atoms with Crippen molar-refractivity contribution in [2.75, 3.05) is 18.1 Å². The third-order valence-corrected chi connectivity index (χ3v) is 9.82. The van der Waals surface area contributed by atoms with Gasteiger partial charge in [0.15, 0.2) is 0 Å². The number of rotatable bonds is 8. The van der Waals surface area contributed by atoms with Crippen molar-refractivity contribution in [3.05, 3.63) is 41.9 Å². The molecule has 4 rings (SSSR count). The molecule has 3 aliphatic heterocycles. The fraction of sp³-hybridized carbons (Fsp3) is 0.542. The number of carboxylic acids is 1. The van der Waals surface area contributed by atoms with Crippen molar-refractivity contribution >= 4 is 46.8 Å². The summed E-state index contributed by atoms with van der Waals surface area (Å²) in [5, 5.41) is 20.6. The highest BCUT2D eigenvalue weighted by Crippen LogP contribution is 2.71. The number of carbonyl (C=O) groups is 3. The van der Waals surface area contributed by atoms with Crippen molar-refractivity contribution in [1.29, 1.82) is 0 Å². The molecule has 0 aliphatic carbocycles. The summed E-state index contributed by atoms with van der Waals surface area (Å²) >= 11 is 7.91. The normalized spacial score (nSPS) is 33.2. The van der Waals surface area contributed by atoms with E-state index in [1.165, 1.54) is 21.6 Å². The van der Waals surface area contributed by atoms with Gasteiger partial charge in [0.1, 0.15) is 6.04 Å². The minimum Gasteiger partial charge on any atom is -0.481 e. The molecule has 2 amide bonds. The van der Waals surface area contributed by atoms with Crippen molar-refractivity contribution in [2.24, 2.45) is 11.8 Å². The third-order valence-electron chi connectivity index (χ3n) is 7.51. The molecule has 178 valence electrons. The lowest BCUT2D eigenvalue weighted by Crippen LogP contribution is -2.57. The second-order valence-corrected chi connectivity index (χ2v) is 11.5. The summed E-state index contributed by atoms with van der Waals surface area (Å²) < 4.78 is -1.49. The molecule has 0 aromatic heterocycles. The van der Waals surface area contributed by atoms with Crippen LogP contribution < -0.4 is 4.90 Å². The molecule has 1 aromatic carbocycles. The number of nitrogens with zero attached hydrogens (tertiary/aromatic N) is 2. The fourth-order valence-corrected chi connectivity index (χ4v) is 8.65. The molecule has 3 fully saturated rings. The number of hydrogen-bond acceptors (Lipinski definition) is 5. The van der Waals surface area contributed by atoms with Gasteiger partial charge in [-0.1, -0.05) is 36.7 Å². The summed E-state index contributed by atoms with van der Waals surface area (Å²) in [6.45, 7) is 7.40. The SMILES string of the molecule is C=CCN(C(=O)C1N([C@@H](CC)CO)C(=O)[C@@H]2[C@H](C(=O)O)[C@]3(C)CCC12S3)c1ccccc1Cl. The van der Waals surface area contributed by atoms with Gasteiger partial charge in [0, 0.05) is 11.3 Å². The van der Waals surface area contributed by atoms with E-state index in [4.69, 9.17) is 11.6 Å². The van der Waals surface area contributed by atoms with Crippen molar-refractivity contribution in [1.82, 2.24) is 4.90 Å². The average molecular weight is 493 g/mol. The van der Waals surface area contributed by atoms with Crippen LogP contribution in [0.3, 0.4) is 0 Å². The number of aliphatic hydroxyl groups is 1. The molecule has 3 heterocycles. The van der Waals surface area contributed by atoms with Gasteiger partial charge in [-0.15, -0.1) is 18.3 Å². The van der Waals surface area contributed by atoms with E-state index < -0.39 is 39.4 Å². The Morgan fingerprint density at radius 2 is 2.09 bits per heavy atom. The van der Waals surface area contributed by atoms with Gasteiger partial charge < -0.3 is 20.0 Å². The molecule has 6 atom stereocenters. The number of carbonyl (C=O) groups excluding carboxylic acids is 2. The number of fused-ring (bicyclic) bond motifs is 1. The number of halogens is 1. The molecule has 2 N–H and O–H groups in total. The average Bonchev–Trinajstić information content (AvgIpc) is 3.34. The van der Waals surface area contributed by atoms with E-state index in [-0.39, 0.29) is 25.0 Å². The molecule has 1 aromatic rings. The van der Waals surface area contributed by atoms with E-state index in [0.29, 0.717) is 30.0 Å². The van der Waals surface area contributed by atoms with Crippen LogP contribution in [0.4, 0.5) is 5.69 Å². The van der Waals surface area contributed by atoms with E-state index >= 15 is 0 Å². The van der Waals surface area contributed by atoms with Gasteiger partial charge in [-0.25, -0.2) is 0 Å². The maximum absolute atomic E-state index is 14.3. The highest BCUT2D eigenvalue weighted by atomic mass is 35.5. The van der Waals surface area contributed by atoms with Crippen LogP contribution in [0.5, 0.6) is 0 Å². The van der Waals surface area contributed by atoms with Crippen molar-refractivity contribution in [3.63, 3.8) is 0 Å². The fourth-order valence-electron chi connectivity index (χ4n) is 6.08. The summed E-state index contributed by atoms with van der Waals surface area (Å²) in [4.78, 5) is 43.4. The number of likely N-dealkylation sites (tertiary alicyclic amines) is 1. The Hall–Kier alpha value is -2.03. The van der Waals surface area contributed by atoms with Gasteiger partial charge in [0.05, 0.1) is 39.9 Å². The van der Waals surface area contributed by atoms with Crippen LogP contribution in [0.2, 0.25) is 5.02 Å². The predicted molar refractivity (Wildman–Crippen MR) is 128 cm³/mol. The number of thioether (sulfide) groups is 1. The van der Waals surface area contributed by atoms with Crippen molar-refractivity contribution in [3.8, 4) is 0 Å². The first-order valence-electron chi connectivity index (χ1n) is 11.2. The molecule has 3 saturated heterocycles. The first kappa shape index (κ1) is 24.1. The van der Waals surface area contributed by atoms with Crippen LogP contribution in [0.1, 0.15) is 33.1 Å².